The molecule has 29 heavy (non-hydrogen) atoms. The number of rotatable bonds is 4. The Balaban J connectivity index is 1.41. The molecule has 0 aliphatic carbocycles. The molecule has 1 saturated heterocycles. The number of nitrogens with one attached hydrogen (secondary N) is 3. The van der Waals surface area contributed by atoms with Crippen molar-refractivity contribution >= 4 is 23.6 Å². The lowest BCUT2D eigenvalue weighted by Gasteiger charge is -2.29. The fourth-order valence-electron chi connectivity index (χ4n) is 4.04. The van der Waals surface area contributed by atoms with E-state index < -0.39 is 11.9 Å². The highest BCUT2D eigenvalue weighted by atomic mass is 16.2. The predicted molar refractivity (Wildman–Crippen MR) is 105 cm³/mol. The Bertz CT molecular complexity index is 908. The molecule has 1 unspecified atom stereocenters. The van der Waals surface area contributed by atoms with Gasteiger partial charge in [0.05, 0.1) is 0 Å². The van der Waals surface area contributed by atoms with Gasteiger partial charge in [-0.1, -0.05) is 18.2 Å². The minimum Gasteiger partial charge on any atom is -0.348 e. The van der Waals surface area contributed by atoms with Gasteiger partial charge < -0.3 is 15.5 Å². The normalized spacial score (nSPS) is 21.9. The van der Waals surface area contributed by atoms with Crippen LogP contribution in [0.25, 0.3) is 0 Å². The molecule has 3 N–H and O–H groups in total. The fraction of sp³-hybridized carbons (Fsp3) is 0.429. The molecule has 1 fully saturated rings. The Kier molecular flexibility index (Phi) is 5.44. The van der Waals surface area contributed by atoms with Gasteiger partial charge in [0.1, 0.15) is 6.04 Å². The zero-order valence-corrected chi connectivity index (χ0v) is 16.1. The Hall–Kier alpha value is -3.00. The van der Waals surface area contributed by atoms with Gasteiger partial charge in [-0.2, -0.15) is 0 Å². The smallest absolute Gasteiger partial charge is 0.255 e. The number of hydrogen-bond acceptors (Lipinski definition) is 5. The average Bonchev–Trinajstić information content (AvgIpc) is 2.88. The minimum absolute atomic E-state index is 0.0598. The van der Waals surface area contributed by atoms with Crippen LogP contribution < -0.4 is 16.0 Å². The highest BCUT2D eigenvalue weighted by Gasteiger charge is 2.39. The number of piperidine rings is 1. The Labute approximate surface area is 168 Å². The maximum atomic E-state index is 12.7. The summed E-state index contributed by atoms with van der Waals surface area (Å²) >= 11 is 0. The summed E-state index contributed by atoms with van der Waals surface area (Å²) in [5.41, 5.74) is 3.12. The first kappa shape index (κ1) is 19.3. The molecule has 3 aliphatic heterocycles. The van der Waals surface area contributed by atoms with Crippen LogP contribution in [-0.2, 0) is 27.5 Å². The number of fused-ring (bicyclic) bond motifs is 1. The van der Waals surface area contributed by atoms with Gasteiger partial charge in [0.2, 0.25) is 17.7 Å². The van der Waals surface area contributed by atoms with Crippen molar-refractivity contribution < 1.29 is 19.2 Å². The van der Waals surface area contributed by atoms with Crippen LogP contribution in [0.3, 0.4) is 0 Å². The van der Waals surface area contributed by atoms with Crippen LogP contribution in [0.5, 0.6) is 0 Å². The Morgan fingerprint density at radius 1 is 1.17 bits per heavy atom. The van der Waals surface area contributed by atoms with Crippen molar-refractivity contribution in [3.05, 3.63) is 46.5 Å². The fourth-order valence-corrected chi connectivity index (χ4v) is 4.04. The second-order valence-electron chi connectivity index (χ2n) is 7.59. The molecule has 4 amide bonds. The molecule has 1 atom stereocenters. The van der Waals surface area contributed by atoms with Gasteiger partial charge in [0, 0.05) is 30.6 Å². The van der Waals surface area contributed by atoms with Crippen molar-refractivity contribution in [2.45, 2.75) is 44.8 Å². The monoisotopic (exact) mass is 396 g/mol. The number of nitrogens with zero attached hydrogens (tertiary/aromatic N) is 1. The van der Waals surface area contributed by atoms with Crippen molar-refractivity contribution in [3.63, 3.8) is 0 Å². The molecule has 8 nitrogen and oxygen atoms in total. The molecule has 0 bridgehead atoms. The number of amides is 4. The SMILES string of the molecule is O=C1CCC(N2Cc3cc(CNC(=O)C4=CCCNCC4)ccc3C2=O)C(=O)N1. The van der Waals surface area contributed by atoms with Crippen LogP contribution in [0, 0.1) is 0 Å². The van der Waals surface area contributed by atoms with E-state index in [4.69, 9.17) is 0 Å². The maximum Gasteiger partial charge on any atom is 0.255 e. The van der Waals surface area contributed by atoms with E-state index in [0.29, 0.717) is 31.5 Å². The second-order valence-corrected chi connectivity index (χ2v) is 7.59. The molecule has 0 radical (unpaired) electrons. The average molecular weight is 396 g/mol. The van der Waals surface area contributed by atoms with Gasteiger partial charge in [0.25, 0.3) is 5.91 Å². The summed E-state index contributed by atoms with van der Waals surface area (Å²) in [4.78, 5) is 50.1. The van der Waals surface area contributed by atoms with Crippen LogP contribution in [0.15, 0.2) is 29.8 Å². The summed E-state index contributed by atoms with van der Waals surface area (Å²) in [7, 11) is 0. The highest BCUT2D eigenvalue weighted by molar-refractivity contribution is 6.05. The zero-order valence-electron chi connectivity index (χ0n) is 16.1. The molecule has 3 heterocycles. The molecular formula is C21H24N4O4. The first-order valence-electron chi connectivity index (χ1n) is 9.97. The van der Waals surface area contributed by atoms with Gasteiger partial charge in [0.15, 0.2) is 0 Å². The molecule has 0 spiro atoms. The predicted octanol–water partition coefficient (Wildman–Crippen LogP) is 0.374. The number of imide groups is 1. The van der Waals surface area contributed by atoms with E-state index in [1.165, 1.54) is 4.90 Å². The summed E-state index contributed by atoms with van der Waals surface area (Å²) in [6, 6.07) is 4.86. The molecule has 8 heteroatoms. The first-order chi connectivity index (χ1) is 14.0. The Morgan fingerprint density at radius 3 is 2.86 bits per heavy atom. The number of carbonyl (C=O) groups excluding carboxylic acids is 4. The largest absolute Gasteiger partial charge is 0.348 e. The van der Waals surface area contributed by atoms with Crippen LogP contribution in [0.2, 0.25) is 0 Å². The van der Waals surface area contributed by atoms with E-state index >= 15 is 0 Å². The lowest BCUT2D eigenvalue weighted by Crippen LogP contribution is -2.52. The third-order valence-electron chi connectivity index (χ3n) is 5.62. The third kappa shape index (κ3) is 4.07. The van der Waals surface area contributed by atoms with Crippen LogP contribution in [0.1, 0.15) is 47.2 Å². The van der Waals surface area contributed by atoms with Gasteiger partial charge in [-0.3, -0.25) is 24.5 Å². The van der Waals surface area contributed by atoms with Crippen LogP contribution >= 0.6 is 0 Å². The van der Waals surface area contributed by atoms with Gasteiger partial charge in [-0.15, -0.1) is 0 Å². The second kappa shape index (κ2) is 8.16. The third-order valence-corrected chi connectivity index (χ3v) is 5.62. The molecular weight excluding hydrogens is 372 g/mol. The lowest BCUT2D eigenvalue weighted by molar-refractivity contribution is -0.137. The number of carbonyl (C=O) groups is 4. The van der Waals surface area contributed by atoms with Crippen molar-refractivity contribution in [1.82, 2.24) is 20.9 Å². The standard InChI is InChI=1S/C21H24N4O4/c26-18-6-5-17(20(28)24-18)25-12-15-10-13(3-4-16(15)21(25)29)11-23-19(27)14-2-1-8-22-9-7-14/h2-4,10,17,22H,1,5-9,11-12H2,(H,23,27)(H,24,26,28). The van der Waals surface area contributed by atoms with Gasteiger partial charge in [-0.05, 0) is 49.5 Å². The van der Waals surface area contributed by atoms with Gasteiger partial charge >= 0.3 is 0 Å². The summed E-state index contributed by atoms with van der Waals surface area (Å²) in [5.74, 6) is -0.967. The maximum absolute atomic E-state index is 12.7. The summed E-state index contributed by atoms with van der Waals surface area (Å²) in [6.07, 6.45) is 4.12. The molecule has 0 saturated carbocycles. The van der Waals surface area contributed by atoms with E-state index in [9.17, 15) is 19.2 Å². The molecule has 1 aromatic carbocycles. The molecule has 3 aliphatic rings. The summed E-state index contributed by atoms with van der Waals surface area (Å²) in [6.45, 7) is 2.40. The molecule has 1 aromatic rings. The van der Waals surface area contributed by atoms with Crippen LogP contribution in [0.4, 0.5) is 0 Å². The zero-order chi connectivity index (χ0) is 20.4. The van der Waals surface area contributed by atoms with Crippen LogP contribution in [-0.4, -0.2) is 47.7 Å². The Morgan fingerprint density at radius 2 is 2.03 bits per heavy atom. The van der Waals surface area contributed by atoms with Gasteiger partial charge in [-0.25, -0.2) is 0 Å². The quantitative estimate of drug-likeness (QED) is 0.638. The van der Waals surface area contributed by atoms with E-state index in [-0.39, 0.29) is 24.1 Å². The van der Waals surface area contributed by atoms with E-state index in [0.717, 1.165) is 36.2 Å². The first-order valence-corrected chi connectivity index (χ1v) is 9.97. The molecule has 0 aromatic heterocycles. The highest BCUT2D eigenvalue weighted by Crippen LogP contribution is 2.28. The molecule has 4 rings (SSSR count). The number of benzene rings is 1. The molecule has 152 valence electrons. The summed E-state index contributed by atoms with van der Waals surface area (Å²) < 4.78 is 0. The number of hydrogen-bond donors (Lipinski definition) is 3. The topological polar surface area (TPSA) is 108 Å². The van der Waals surface area contributed by atoms with Crippen molar-refractivity contribution in [2.75, 3.05) is 13.1 Å². The van der Waals surface area contributed by atoms with Crippen molar-refractivity contribution in [3.8, 4) is 0 Å². The van der Waals surface area contributed by atoms with E-state index in [1.54, 1.807) is 6.07 Å². The van der Waals surface area contributed by atoms with E-state index in [1.807, 2.05) is 18.2 Å². The van der Waals surface area contributed by atoms with Crippen molar-refractivity contribution in [1.29, 1.82) is 0 Å². The minimum atomic E-state index is -0.619. The van der Waals surface area contributed by atoms with E-state index in [2.05, 4.69) is 16.0 Å². The van der Waals surface area contributed by atoms with Crippen molar-refractivity contribution in [2.24, 2.45) is 0 Å². The lowest BCUT2D eigenvalue weighted by atomic mass is 10.0. The summed E-state index contributed by atoms with van der Waals surface area (Å²) in [5, 5.41) is 8.51.